The zero-order valence-electron chi connectivity index (χ0n) is 25.5. The molecular formula is C28H22F3N7O. The van der Waals surface area contributed by atoms with Crippen LogP contribution in [0.15, 0.2) is 85.6 Å². The topological polar surface area (TPSA) is 97.6 Å². The second-order valence-corrected chi connectivity index (χ2v) is 8.33. The highest BCUT2D eigenvalue weighted by atomic mass is 19.4. The fourth-order valence-corrected chi connectivity index (χ4v) is 3.51. The highest BCUT2D eigenvalue weighted by Gasteiger charge is 2.31. The predicted octanol–water partition coefficient (Wildman–Crippen LogP) is 6.36. The summed E-state index contributed by atoms with van der Waals surface area (Å²) in [4.78, 5) is 29.8. The highest BCUT2D eigenvalue weighted by molar-refractivity contribution is 6.05. The van der Waals surface area contributed by atoms with Gasteiger partial charge in [-0.15, -0.1) is 0 Å². The van der Waals surface area contributed by atoms with E-state index in [0.717, 1.165) is 5.56 Å². The first-order valence-corrected chi connectivity index (χ1v) is 11.4. The maximum absolute atomic E-state index is 14.1. The number of nitrogens with zero attached hydrogens (tertiary/aromatic N) is 5. The number of imidazole rings is 1. The van der Waals surface area contributed by atoms with Crippen molar-refractivity contribution in [1.82, 2.24) is 24.5 Å². The maximum atomic E-state index is 14.1. The number of benzene rings is 2. The Labute approximate surface area is 228 Å². The zero-order chi connectivity index (χ0) is 31.9. The molecule has 0 saturated carbocycles. The van der Waals surface area contributed by atoms with Gasteiger partial charge in [-0.3, -0.25) is 9.78 Å². The van der Waals surface area contributed by atoms with E-state index in [2.05, 4.69) is 30.6 Å². The van der Waals surface area contributed by atoms with Gasteiger partial charge in [-0.1, -0.05) is 6.07 Å². The van der Waals surface area contributed by atoms with Crippen LogP contribution in [-0.2, 0) is 6.18 Å². The maximum Gasteiger partial charge on any atom is 0.416 e. The SMILES string of the molecule is [2H]c1c(NC(=O)c2ccc(C)c(Nc3nccc(-c4cccnc4)n3)c2)c([2H])c(C(F)(F)F)c([2H])c1-n1c([2H])nc(C)c1[2H]. The number of hydrogen-bond acceptors (Lipinski definition) is 6. The van der Waals surface area contributed by atoms with E-state index < -0.39 is 59.6 Å². The van der Waals surface area contributed by atoms with Crippen molar-refractivity contribution in [3.63, 3.8) is 0 Å². The van der Waals surface area contributed by atoms with E-state index in [-0.39, 0.29) is 17.2 Å². The molecule has 196 valence electrons. The first-order chi connectivity index (χ1) is 20.8. The van der Waals surface area contributed by atoms with Gasteiger partial charge in [0, 0.05) is 53.0 Å². The van der Waals surface area contributed by atoms with E-state index in [1.54, 1.807) is 37.5 Å². The van der Waals surface area contributed by atoms with E-state index in [4.69, 9.17) is 6.85 Å². The van der Waals surface area contributed by atoms with Gasteiger partial charge in [-0.05, 0) is 67.9 Å². The fraction of sp³-hybridized carbons (Fsp3) is 0.107. The first kappa shape index (κ1) is 20.0. The molecular weight excluding hydrogens is 507 g/mol. The Kier molecular flexibility index (Phi) is 5.31. The molecule has 0 saturated heterocycles. The molecule has 0 radical (unpaired) electrons. The Morgan fingerprint density at radius 2 is 1.90 bits per heavy atom. The van der Waals surface area contributed by atoms with E-state index in [9.17, 15) is 18.0 Å². The van der Waals surface area contributed by atoms with E-state index >= 15 is 0 Å². The van der Waals surface area contributed by atoms with Crippen LogP contribution in [-0.4, -0.2) is 30.4 Å². The zero-order valence-corrected chi connectivity index (χ0v) is 20.5. The Morgan fingerprint density at radius 3 is 2.62 bits per heavy atom. The average molecular weight is 535 g/mol. The molecule has 11 heteroatoms. The summed E-state index contributed by atoms with van der Waals surface area (Å²) in [6.07, 6.45) is -1.61. The van der Waals surface area contributed by atoms with Crippen molar-refractivity contribution in [2.24, 2.45) is 0 Å². The molecule has 39 heavy (non-hydrogen) atoms. The van der Waals surface area contributed by atoms with Crippen LogP contribution in [0.4, 0.5) is 30.5 Å². The minimum absolute atomic E-state index is 0.0162. The summed E-state index contributed by atoms with van der Waals surface area (Å²) in [5.41, 5.74) is -1.02. The monoisotopic (exact) mass is 534 g/mol. The van der Waals surface area contributed by atoms with Gasteiger partial charge in [0.25, 0.3) is 5.91 Å². The van der Waals surface area contributed by atoms with Crippen molar-refractivity contribution >= 4 is 23.2 Å². The molecule has 3 aromatic heterocycles. The van der Waals surface area contributed by atoms with Crippen LogP contribution in [0.3, 0.4) is 0 Å². The summed E-state index contributed by atoms with van der Waals surface area (Å²) in [5.74, 6) is -0.747. The minimum atomic E-state index is -5.22. The molecule has 2 N–H and O–H groups in total. The number of hydrogen-bond donors (Lipinski definition) is 2. The smallest absolute Gasteiger partial charge is 0.324 e. The lowest BCUT2D eigenvalue weighted by Gasteiger charge is -2.14. The number of halogens is 3. The van der Waals surface area contributed by atoms with Crippen LogP contribution in [0.2, 0.25) is 0 Å². The molecule has 0 aliphatic carbocycles. The molecule has 5 rings (SSSR count). The van der Waals surface area contributed by atoms with Crippen LogP contribution in [0.1, 0.15) is 34.0 Å². The third kappa shape index (κ3) is 5.93. The van der Waals surface area contributed by atoms with Gasteiger partial charge in [0.15, 0.2) is 0 Å². The number of aryl methyl sites for hydroxylation is 2. The molecule has 0 aliphatic rings. The van der Waals surface area contributed by atoms with Crippen molar-refractivity contribution in [3.05, 3.63) is 108 Å². The quantitative estimate of drug-likeness (QED) is 0.263. The molecule has 0 aliphatic heterocycles. The van der Waals surface area contributed by atoms with Gasteiger partial charge >= 0.3 is 6.18 Å². The summed E-state index contributed by atoms with van der Waals surface area (Å²) < 4.78 is 83.9. The van der Waals surface area contributed by atoms with Crippen LogP contribution in [0, 0.1) is 13.8 Å². The summed E-state index contributed by atoms with van der Waals surface area (Å²) in [6, 6.07) is 6.22. The average Bonchev–Trinajstić information content (AvgIpc) is 3.22. The number of alkyl halides is 3. The lowest BCUT2D eigenvalue weighted by Crippen LogP contribution is -2.14. The molecule has 2 aromatic carbocycles. The van der Waals surface area contributed by atoms with E-state index in [1.165, 1.54) is 25.3 Å². The van der Waals surface area contributed by atoms with Crippen molar-refractivity contribution in [1.29, 1.82) is 0 Å². The summed E-state index contributed by atoms with van der Waals surface area (Å²) in [6.45, 7) is 3.09. The van der Waals surface area contributed by atoms with Crippen molar-refractivity contribution in [2.75, 3.05) is 10.6 Å². The van der Waals surface area contributed by atoms with E-state index in [0.29, 0.717) is 21.5 Å². The second kappa shape index (κ2) is 10.4. The van der Waals surface area contributed by atoms with Crippen LogP contribution < -0.4 is 10.6 Å². The van der Waals surface area contributed by atoms with E-state index in [1.807, 2.05) is 6.07 Å². The molecule has 3 heterocycles. The summed E-state index contributed by atoms with van der Waals surface area (Å²) >= 11 is 0. The largest absolute Gasteiger partial charge is 0.416 e. The number of aromatic nitrogens is 5. The van der Waals surface area contributed by atoms with Gasteiger partial charge in [-0.2, -0.15) is 13.2 Å². The molecule has 1 amide bonds. The van der Waals surface area contributed by atoms with Crippen molar-refractivity contribution in [2.45, 2.75) is 20.0 Å². The molecule has 0 unspecified atom stereocenters. The normalized spacial score (nSPS) is 13.1. The number of rotatable bonds is 6. The van der Waals surface area contributed by atoms with Gasteiger partial charge in [0.2, 0.25) is 5.95 Å². The van der Waals surface area contributed by atoms with Crippen LogP contribution in [0.5, 0.6) is 0 Å². The minimum Gasteiger partial charge on any atom is -0.324 e. The Bertz CT molecular complexity index is 1920. The number of carbonyl (C=O) groups is 1. The van der Waals surface area contributed by atoms with Gasteiger partial charge in [-0.25, -0.2) is 15.0 Å². The van der Waals surface area contributed by atoms with Crippen LogP contribution in [0.25, 0.3) is 16.9 Å². The Balaban J connectivity index is 1.53. The Hall–Kier alpha value is -5.06. The second-order valence-electron chi connectivity index (χ2n) is 8.33. The number of nitrogens with one attached hydrogen (secondary N) is 2. The number of pyridine rings is 1. The lowest BCUT2D eigenvalue weighted by atomic mass is 10.1. The summed E-state index contributed by atoms with van der Waals surface area (Å²) in [7, 11) is 0. The van der Waals surface area contributed by atoms with Crippen molar-refractivity contribution in [3.8, 4) is 16.9 Å². The third-order valence-corrected chi connectivity index (χ3v) is 5.43. The van der Waals surface area contributed by atoms with Crippen molar-refractivity contribution < 1.29 is 24.8 Å². The number of anilines is 3. The number of carbonyl (C=O) groups excluding carboxylic acids is 1. The molecule has 0 atom stereocenters. The predicted molar refractivity (Wildman–Crippen MR) is 141 cm³/mol. The molecule has 0 bridgehead atoms. The number of amides is 1. The fourth-order valence-electron chi connectivity index (χ4n) is 3.51. The summed E-state index contributed by atoms with van der Waals surface area (Å²) in [5, 5.41) is 5.24. The molecule has 0 spiro atoms. The lowest BCUT2D eigenvalue weighted by molar-refractivity contribution is -0.137. The molecule has 8 nitrogen and oxygen atoms in total. The molecule has 5 aromatic rings. The third-order valence-electron chi connectivity index (χ3n) is 5.43. The van der Waals surface area contributed by atoms with Gasteiger partial charge in [0.1, 0.15) is 1.37 Å². The standard InChI is InChI=1S/C28H22F3N7O/c1-17-5-6-19(10-25(17)37-27-33-9-7-24(36-27)20-4-3-8-32-14-20)26(39)35-22-11-21(28(29,30)31)12-23(13-22)38-15-18(2)34-16-38/h3-16H,1-2H3,(H,35,39)(H,33,36,37)/i11D,12D,13D,15D,16D. The first-order valence-electron chi connectivity index (χ1n) is 13.9. The van der Waals surface area contributed by atoms with Gasteiger partial charge < -0.3 is 15.2 Å². The molecule has 0 fully saturated rings. The van der Waals surface area contributed by atoms with Gasteiger partial charge in [0.05, 0.1) is 28.7 Å². The highest BCUT2D eigenvalue weighted by Crippen LogP contribution is 2.33. The Morgan fingerprint density at radius 1 is 1.05 bits per heavy atom. The van der Waals surface area contributed by atoms with Crippen LogP contribution >= 0.6 is 0 Å².